The van der Waals surface area contributed by atoms with Crippen molar-refractivity contribution < 1.29 is 8.42 Å². The molecule has 0 aliphatic rings. The number of nitrogen functional groups attached to an aromatic ring is 1. The molecule has 2 aromatic rings. The molecule has 2 rings (SSSR count). The van der Waals surface area contributed by atoms with E-state index in [9.17, 15) is 8.42 Å². The average Bonchev–Trinajstić information content (AvgIpc) is 2.39. The van der Waals surface area contributed by atoms with E-state index in [0.29, 0.717) is 10.7 Å². The first kappa shape index (κ1) is 15.1. The number of nitrogens with two attached hydrogens (primary N) is 1. The highest BCUT2D eigenvalue weighted by atomic mass is 35.5. The Hall–Kier alpha value is -1.27. The Morgan fingerprint density at radius 2 is 1.85 bits per heavy atom. The fraction of sp³-hybridized carbons (Fsp3) is 0.0769. The van der Waals surface area contributed by atoms with Gasteiger partial charge in [0.25, 0.3) is 0 Å². The fourth-order valence-electron chi connectivity index (χ4n) is 1.63. The highest BCUT2D eigenvalue weighted by Crippen LogP contribution is 2.23. The molecule has 2 aromatic carbocycles. The smallest absolute Gasteiger partial charge is 0.242 e. The normalized spacial score (nSPS) is 11.5. The van der Waals surface area contributed by atoms with Crippen molar-refractivity contribution in [1.82, 2.24) is 4.72 Å². The number of nitrogens with one attached hydrogen (secondary N) is 1. The summed E-state index contributed by atoms with van der Waals surface area (Å²) in [6.45, 7) is 0.119. The number of rotatable bonds is 4. The number of anilines is 1. The highest BCUT2D eigenvalue weighted by molar-refractivity contribution is 7.89. The third-order valence-electron chi connectivity index (χ3n) is 2.60. The van der Waals surface area contributed by atoms with Gasteiger partial charge in [-0.3, -0.25) is 0 Å². The Labute approximate surface area is 127 Å². The van der Waals surface area contributed by atoms with Gasteiger partial charge in [-0.15, -0.1) is 0 Å². The van der Waals surface area contributed by atoms with Crippen molar-refractivity contribution in [3.63, 3.8) is 0 Å². The Morgan fingerprint density at radius 3 is 2.55 bits per heavy atom. The van der Waals surface area contributed by atoms with Gasteiger partial charge < -0.3 is 5.73 Å². The van der Waals surface area contributed by atoms with Gasteiger partial charge in [-0.05, 0) is 35.9 Å². The molecule has 7 heteroatoms. The number of hydrogen-bond acceptors (Lipinski definition) is 3. The maximum Gasteiger partial charge on any atom is 0.242 e. The van der Waals surface area contributed by atoms with Crippen molar-refractivity contribution in [1.29, 1.82) is 0 Å². The van der Waals surface area contributed by atoms with Gasteiger partial charge in [0.15, 0.2) is 0 Å². The summed E-state index contributed by atoms with van der Waals surface area (Å²) < 4.78 is 26.8. The van der Waals surface area contributed by atoms with E-state index < -0.39 is 10.0 Å². The Morgan fingerprint density at radius 1 is 1.10 bits per heavy atom. The molecule has 0 saturated carbocycles. The van der Waals surface area contributed by atoms with E-state index in [0.717, 1.165) is 5.56 Å². The summed E-state index contributed by atoms with van der Waals surface area (Å²) in [4.78, 5) is -0.0406. The van der Waals surface area contributed by atoms with Gasteiger partial charge in [-0.1, -0.05) is 35.3 Å². The molecule has 0 saturated heterocycles. The summed E-state index contributed by atoms with van der Waals surface area (Å²) in [6.07, 6.45) is 0. The molecular formula is C13H12Cl2N2O2S. The number of halogens is 2. The Balaban J connectivity index is 2.21. The standard InChI is InChI=1S/C13H12Cl2N2O2S/c14-10-3-1-2-9(6-10)8-17-20(18,19)13-7-11(16)4-5-12(13)15/h1-7,17H,8,16H2. The SMILES string of the molecule is Nc1ccc(Cl)c(S(=O)(=O)NCc2cccc(Cl)c2)c1. The van der Waals surface area contributed by atoms with Crippen LogP contribution in [0.1, 0.15) is 5.56 Å². The molecule has 106 valence electrons. The zero-order valence-electron chi connectivity index (χ0n) is 10.3. The van der Waals surface area contributed by atoms with Crippen LogP contribution in [0, 0.1) is 0 Å². The van der Waals surface area contributed by atoms with E-state index in [1.54, 1.807) is 30.3 Å². The van der Waals surface area contributed by atoms with Crippen LogP contribution in [0.4, 0.5) is 5.69 Å². The summed E-state index contributed by atoms with van der Waals surface area (Å²) in [7, 11) is -3.73. The van der Waals surface area contributed by atoms with E-state index in [1.165, 1.54) is 12.1 Å². The van der Waals surface area contributed by atoms with Crippen molar-refractivity contribution in [2.45, 2.75) is 11.4 Å². The molecule has 4 nitrogen and oxygen atoms in total. The van der Waals surface area contributed by atoms with Crippen LogP contribution >= 0.6 is 23.2 Å². The van der Waals surface area contributed by atoms with Crippen molar-refractivity contribution in [3.05, 3.63) is 58.1 Å². The van der Waals surface area contributed by atoms with Crippen LogP contribution in [0.15, 0.2) is 47.4 Å². The quantitative estimate of drug-likeness (QED) is 0.846. The van der Waals surface area contributed by atoms with Gasteiger partial charge in [0.2, 0.25) is 10.0 Å². The van der Waals surface area contributed by atoms with Gasteiger partial charge in [-0.25, -0.2) is 13.1 Å². The van der Waals surface area contributed by atoms with Gasteiger partial charge >= 0.3 is 0 Å². The number of benzene rings is 2. The monoisotopic (exact) mass is 330 g/mol. The van der Waals surface area contributed by atoms with Gasteiger partial charge in [0.1, 0.15) is 4.90 Å². The van der Waals surface area contributed by atoms with Crippen LogP contribution in [-0.4, -0.2) is 8.42 Å². The van der Waals surface area contributed by atoms with Crippen molar-refractivity contribution in [2.75, 3.05) is 5.73 Å². The summed E-state index contributed by atoms with van der Waals surface area (Å²) in [5.74, 6) is 0. The predicted octanol–water partition coefficient (Wildman–Crippen LogP) is 3.05. The van der Waals surface area contributed by atoms with E-state index in [-0.39, 0.29) is 16.5 Å². The average molecular weight is 331 g/mol. The highest BCUT2D eigenvalue weighted by Gasteiger charge is 2.17. The first-order valence-corrected chi connectivity index (χ1v) is 7.91. The first-order chi connectivity index (χ1) is 9.38. The van der Waals surface area contributed by atoms with Crippen LogP contribution in [0.2, 0.25) is 10.0 Å². The van der Waals surface area contributed by atoms with Crippen LogP contribution in [0.3, 0.4) is 0 Å². The molecule has 0 spiro atoms. The molecule has 0 heterocycles. The summed E-state index contributed by atoms with van der Waals surface area (Å²) in [5.41, 5.74) is 6.67. The fourth-order valence-corrected chi connectivity index (χ4v) is 3.39. The second-order valence-corrected chi connectivity index (χ2v) is 6.72. The molecule has 0 aliphatic carbocycles. The Kier molecular flexibility index (Phi) is 4.55. The van der Waals surface area contributed by atoms with E-state index in [1.807, 2.05) is 0 Å². The predicted molar refractivity (Wildman–Crippen MR) is 81.3 cm³/mol. The third kappa shape index (κ3) is 3.64. The number of hydrogen-bond donors (Lipinski definition) is 2. The molecule has 0 aliphatic heterocycles. The van der Waals surface area contributed by atoms with Gasteiger partial charge in [0.05, 0.1) is 5.02 Å². The lowest BCUT2D eigenvalue weighted by molar-refractivity contribution is 0.581. The molecule has 0 atom stereocenters. The summed E-state index contributed by atoms with van der Waals surface area (Å²) >= 11 is 11.7. The summed E-state index contributed by atoms with van der Waals surface area (Å²) in [6, 6.07) is 11.2. The van der Waals surface area contributed by atoms with E-state index >= 15 is 0 Å². The molecule has 0 aromatic heterocycles. The van der Waals surface area contributed by atoms with Crippen LogP contribution in [-0.2, 0) is 16.6 Å². The van der Waals surface area contributed by atoms with Gasteiger partial charge in [-0.2, -0.15) is 0 Å². The molecular weight excluding hydrogens is 319 g/mol. The summed E-state index contributed by atoms with van der Waals surface area (Å²) in [5, 5.41) is 0.668. The van der Waals surface area contributed by atoms with Crippen LogP contribution in [0.5, 0.6) is 0 Å². The van der Waals surface area contributed by atoms with E-state index in [4.69, 9.17) is 28.9 Å². The minimum absolute atomic E-state index is 0.0406. The first-order valence-electron chi connectivity index (χ1n) is 5.67. The van der Waals surface area contributed by atoms with Crippen molar-refractivity contribution in [2.24, 2.45) is 0 Å². The molecule has 0 unspecified atom stereocenters. The van der Waals surface area contributed by atoms with E-state index in [2.05, 4.69) is 4.72 Å². The zero-order valence-corrected chi connectivity index (χ0v) is 12.6. The molecule has 0 bridgehead atoms. The largest absolute Gasteiger partial charge is 0.399 e. The van der Waals surface area contributed by atoms with Crippen LogP contribution in [0.25, 0.3) is 0 Å². The topological polar surface area (TPSA) is 72.2 Å². The molecule has 20 heavy (non-hydrogen) atoms. The minimum Gasteiger partial charge on any atom is -0.399 e. The van der Waals surface area contributed by atoms with Gasteiger partial charge in [0, 0.05) is 17.3 Å². The van der Waals surface area contributed by atoms with Crippen molar-refractivity contribution >= 4 is 38.9 Å². The maximum atomic E-state index is 12.2. The lowest BCUT2D eigenvalue weighted by Crippen LogP contribution is -2.23. The maximum absolute atomic E-state index is 12.2. The molecule has 0 amide bonds. The third-order valence-corrected chi connectivity index (χ3v) is 4.72. The second kappa shape index (κ2) is 6.01. The molecule has 0 fully saturated rings. The molecule has 0 radical (unpaired) electrons. The lowest BCUT2D eigenvalue weighted by Gasteiger charge is -2.09. The second-order valence-electron chi connectivity index (χ2n) is 4.14. The molecule has 3 N–H and O–H groups in total. The van der Waals surface area contributed by atoms with Crippen molar-refractivity contribution in [3.8, 4) is 0 Å². The zero-order chi connectivity index (χ0) is 14.8. The Bertz CT molecular complexity index is 733. The number of sulfonamides is 1. The lowest BCUT2D eigenvalue weighted by atomic mass is 10.2. The minimum atomic E-state index is -3.73. The van der Waals surface area contributed by atoms with Crippen LogP contribution < -0.4 is 10.5 Å².